The molecule has 2 rings (SSSR count). The third kappa shape index (κ3) is 2.54. The topological polar surface area (TPSA) is 59.1 Å². The third-order valence-electron chi connectivity index (χ3n) is 2.96. The molecule has 1 aliphatic heterocycles. The van der Waals surface area contributed by atoms with Crippen molar-refractivity contribution in [3.63, 3.8) is 0 Å². The molecule has 0 aliphatic carbocycles. The van der Waals surface area contributed by atoms with E-state index in [1.54, 1.807) is 0 Å². The second-order valence-electron chi connectivity index (χ2n) is 4.61. The fourth-order valence-electron chi connectivity index (χ4n) is 2.09. The zero-order chi connectivity index (χ0) is 11.5. The van der Waals surface area contributed by atoms with E-state index in [0.29, 0.717) is 11.9 Å². The van der Waals surface area contributed by atoms with Crippen molar-refractivity contribution in [3.8, 4) is 0 Å². The van der Waals surface area contributed by atoms with Crippen molar-refractivity contribution in [1.29, 1.82) is 0 Å². The second-order valence-corrected chi connectivity index (χ2v) is 4.61. The molecular weight excluding hydrogens is 202 g/mol. The Hall–Kier alpha value is -1.07. The van der Waals surface area contributed by atoms with Crippen molar-refractivity contribution in [2.45, 2.75) is 26.4 Å². The van der Waals surface area contributed by atoms with E-state index in [-0.39, 0.29) is 0 Å². The average molecular weight is 223 g/mol. The number of piperazine rings is 1. The van der Waals surface area contributed by atoms with Crippen molar-refractivity contribution in [2.75, 3.05) is 31.9 Å². The van der Waals surface area contributed by atoms with Gasteiger partial charge in [0, 0.05) is 38.4 Å². The van der Waals surface area contributed by atoms with E-state index in [1.165, 1.54) is 0 Å². The van der Waals surface area contributed by atoms with Gasteiger partial charge in [0.15, 0.2) is 0 Å². The van der Waals surface area contributed by atoms with Crippen LogP contribution in [-0.4, -0.2) is 40.6 Å². The van der Waals surface area contributed by atoms with Gasteiger partial charge in [-0.3, -0.25) is 4.90 Å². The van der Waals surface area contributed by atoms with Crippen LogP contribution in [0.5, 0.6) is 0 Å². The summed E-state index contributed by atoms with van der Waals surface area (Å²) >= 11 is 0. The lowest BCUT2D eigenvalue weighted by atomic mass is 10.3. The molecule has 0 spiro atoms. The molecule has 16 heavy (non-hydrogen) atoms. The predicted octanol–water partition coefficient (Wildman–Crippen LogP) is 0.451. The van der Waals surface area contributed by atoms with Gasteiger partial charge in [-0.25, -0.2) is 4.98 Å². The van der Waals surface area contributed by atoms with Crippen LogP contribution in [0.2, 0.25) is 0 Å². The standard InChI is InChI=1S/C11H21N5/c1-9(2)16-7-10(12)14-11(16)8-15-5-3-13-4-6-15/h7,9,13H,3-6,8,12H2,1-2H3. The van der Waals surface area contributed by atoms with Gasteiger partial charge < -0.3 is 15.6 Å². The highest BCUT2D eigenvalue weighted by Crippen LogP contribution is 2.14. The summed E-state index contributed by atoms with van der Waals surface area (Å²) in [6.45, 7) is 9.52. The number of nitrogen functional groups attached to an aromatic ring is 1. The van der Waals surface area contributed by atoms with E-state index in [1.807, 2.05) is 6.20 Å². The summed E-state index contributed by atoms with van der Waals surface area (Å²) in [5, 5.41) is 3.35. The molecule has 90 valence electrons. The Morgan fingerprint density at radius 1 is 1.44 bits per heavy atom. The Morgan fingerprint density at radius 2 is 2.12 bits per heavy atom. The molecule has 2 heterocycles. The number of rotatable bonds is 3. The largest absolute Gasteiger partial charge is 0.382 e. The van der Waals surface area contributed by atoms with Crippen molar-refractivity contribution < 1.29 is 0 Å². The van der Waals surface area contributed by atoms with Crippen LogP contribution in [0.25, 0.3) is 0 Å². The van der Waals surface area contributed by atoms with Gasteiger partial charge in [-0.05, 0) is 13.8 Å². The molecule has 0 atom stereocenters. The van der Waals surface area contributed by atoms with Gasteiger partial charge >= 0.3 is 0 Å². The first-order chi connectivity index (χ1) is 7.66. The summed E-state index contributed by atoms with van der Waals surface area (Å²) in [5.74, 6) is 1.70. The molecule has 3 N–H and O–H groups in total. The molecule has 0 radical (unpaired) electrons. The normalized spacial score (nSPS) is 18.2. The van der Waals surface area contributed by atoms with Crippen molar-refractivity contribution in [3.05, 3.63) is 12.0 Å². The fourth-order valence-corrected chi connectivity index (χ4v) is 2.09. The number of hydrogen-bond donors (Lipinski definition) is 2. The first kappa shape index (κ1) is 11.4. The van der Waals surface area contributed by atoms with Crippen LogP contribution < -0.4 is 11.1 Å². The zero-order valence-corrected chi connectivity index (χ0v) is 10.1. The molecule has 5 nitrogen and oxygen atoms in total. The Balaban J connectivity index is 2.07. The molecule has 5 heteroatoms. The zero-order valence-electron chi connectivity index (χ0n) is 10.1. The maximum Gasteiger partial charge on any atom is 0.141 e. The lowest BCUT2D eigenvalue weighted by Gasteiger charge is -2.27. The summed E-state index contributed by atoms with van der Waals surface area (Å²) in [5.41, 5.74) is 5.76. The highest BCUT2D eigenvalue weighted by Gasteiger charge is 2.15. The molecule has 0 bridgehead atoms. The van der Waals surface area contributed by atoms with Crippen LogP contribution >= 0.6 is 0 Å². The quantitative estimate of drug-likeness (QED) is 0.781. The van der Waals surface area contributed by atoms with Crippen molar-refractivity contribution >= 4 is 5.82 Å². The molecule has 1 aromatic heterocycles. The van der Waals surface area contributed by atoms with Crippen LogP contribution in [-0.2, 0) is 6.54 Å². The summed E-state index contributed by atoms with van der Waals surface area (Å²) in [7, 11) is 0. The van der Waals surface area contributed by atoms with E-state index in [9.17, 15) is 0 Å². The van der Waals surface area contributed by atoms with Gasteiger partial charge in [0.05, 0.1) is 6.54 Å². The van der Waals surface area contributed by atoms with Crippen LogP contribution in [0.4, 0.5) is 5.82 Å². The molecule has 1 aromatic rings. The third-order valence-corrected chi connectivity index (χ3v) is 2.96. The van der Waals surface area contributed by atoms with E-state index < -0.39 is 0 Å². The first-order valence-electron chi connectivity index (χ1n) is 5.93. The first-order valence-corrected chi connectivity index (χ1v) is 5.93. The lowest BCUT2D eigenvalue weighted by molar-refractivity contribution is 0.224. The number of nitrogens with two attached hydrogens (primary N) is 1. The van der Waals surface area contributed by atoms with Gasteiger partial charge in [-0.2, -0.15) is 0 Å². The molecule has 0 saturated carbocycles. The maximum absolute atomic E-state index is 5.76. The highest BCUT2D eigenvalue weighted by atomic mass is 15.2. The molecule has 0 aromatic carbocycles. The van der Waals surface area contributed by atoms with E-state index in [0.717, 1.165) is 38.5 Å². The molecule has 0 unspecified atom stereocenters. The van der Waals surface area contributed by atoms with Gasteiger partial charge in [-0.15, -0.1) is 0 Å². The van der Waals surface area contributed by atoms with Crippen LogP contribution in [0.3, 0.4) is 0 Å². The smallest absolute Gasteiger partial charge is 0.141 e. The van der Waals surface area contributed by atoms with Crippen LogP contribution in [0.1, 0.15) is 25.7 Å². The number of nitrogens with one attached hydrogen (secondary N) is 1. The van der Waals surface area contributed by atoms with Gasteiger partial charge in [0.1, 0.15) is 11.6 Å². The highest BCUT2D eigenvalue weighted by molar-refractivity contribution is 5.26. The molecule has 1 fully saturated rings. The Labute approximate surface area is 96.6 Å². The summed E-state index contributed by atoms with van der Waals surface area (Å²) in [6, 6.07) is 0.419. The Morgan fingerprint density at radius 3 is 2.75 bits per heavy atom. The summed E-state index contributed by atoms with van der Waals surface area (Å²) < 4.78 is 2.16. The summed E-state index contributed by atoms with van der Waals surface area (Å²) in [6.07, 6.45) is 1.93. The molecule has 0 amide bonds. The number of imidazole rings is 1. The van der Waals surface area contributed by atoms with E-state index >= 15 is 0 Å². The maximum atomic E-state index is 5.76. The molecule has 1 aliphatic rings. The minimum atomic E-state index is 0.419. The van der Waals surface area contributed by atoms with Gasteiger partial charge in [0.2, 0.25) is 0 Å². The minimum Gasteiger partial charge on any atom is -0.382 e. The van der Waals surface area contributed by atoms with Crippen LogP contribution in [0, 0.1) is 0 Å². The number of aromatic nitrogens is 2. The van der Waals surface area contributed by atoms with Crippen molar-refractivity contribution in [1.82, 2.24) is 19.8 Å². The predicted molar refractivity (Wildman–Crippen MR) is 65.2 cm³/mol. The van der Waals surface area contributed by atoms with E-state index in [2.05, 4.69) is 33.6 Å². The lowest BCUT2D eigenvalue weighted by Crippen LogP contribution is -2.43. The summed E-state index contributed by atoms with van der Waals surface area (Å²) in [4.78, 5) is 6.82. The average Bonchev–Trinajstić information content (AvgIpc) is 2.61. The monoisotopic (exact) mass is 223 g/mol. The molecule has 1 saturated heterocycles. The second kappa shape index (κ2) is 4.84. The van der Waals surface area contributed by atoms with Gasteiger partial charge in [-0.1, -0.05) is 0 Å². The van der Waals surface area contributed by atoms with Crippen molar-refractivity contribution in [2.24, 2.45) is 0 Å². The number of anilines is 1. The minimum absolute atomic E-state index is 0.419. The van der Waals surface area contributed by atoms with Gasteiger partial charge in [0.25, 0.3) is 0 Å². The van der Waals surface area contributed by atoms with Crippen LogP contribution in [0.15, 0.2) is 6.20 Å². The SMILES string of the molecule is CC(C)n1cc(N)nc1CN1CCNCC1. The number of nitrogens with zero attached hydrogens (tertiary/aromatic N) is 3. The fraction of sp³-hybridized carbons (Fsp3) is 0.727. The molecular formula is C11H21N5. The number of hydrogen-bond acceptors (Lipinski definition) is 4. The Bertz CT molecular complexity index is 338. The Kier molecular flexibility index (Phi) is 3.46. The van der Waals surface area contributed by atoms with E-state index in [4.69, 9.17) is 5.73 Å².